The van der Waals surface area contributed by atoms with Crippen molar-refractivity contribution in [1.29, 1.82) is 0 Å². The number of carbonyl (C=O) groups excluding carboxylic acids is 2. The van der Waals surface area contributed by atoms with Crippen LogP contribution in [0.3, 0.4) is 0 Å². The van der Waals surface area contributed by atoms with Gasteiger partial charge in [0.25, 0.3) is 5.91 Å². The first kappa shape index (κ1) is 21.0. The fourth-order valence-electron chi connectivity index (χ4n) is 3.21. The molecule has 0 radical (unpaired) electrons. The fraction of sp³-hybridized carbons (Fsp3) is 0.167. The van der Waals surface area contributed by atoms with E-state index in [0.29, 0.717) is 42.1 Å². The zero-order valence-electron chi connectivity index (χ0n) is 17.4. The number of hydrogen-bond donors (Lipinski definition) is 3. The number of ether oxygens (including phenoxy) is 1. The van der Waals surface area contributed by atoms with Gasteiger partial charge in [-0.15, -0.1) is 0 Å². The summed E-state index contributed by atoms with van der Waals surface area (Å²) >= 11 is 0. The Morgan fingerprint density at radius 1 is 1.06 bits per heavy atom. The standard InChI is InChI=1S/C24H23N5O3/c1-16(25)20-4-2-3-5-21(20)32-19-8-6-17(7-9-19)12-28-23(31)24(10-11-24)29-22(30)18-13-26-15-27-14-18/h2-9,13-15H,1,10-12,25H2,(H,28,31)(H,29,30). The molecular formula is C24H23N5O3. The van der Waals surface area contributed by atoms with Gasteiger partial charge in [0.2, 0.25) is 5.91 Å². The summed E-state index contributed by atoms with van der Waals surface area (Å²) in [4.78, 5) is 32.7. The van der Waals surface area contributed by atoms with Crippen LogP contribution in [-0.2, 0) is 11.3 Å². The van der Waals surface area contributed by atoms with Gasteiger partial charge in [-0.1, -0.05) is 30.8 Å². The van der Waals surface area contributed by atoms with E-state index in [4.69, 9.17) is 10.5 Å². The van der Waals surface area contributed by atoms with Gasteiger partial charge in [0.05, 0.1) is 5.56 Å². The van der Waals surface area contributed by atoms with Crippen LogP contribution in [0.15, 0.2) is 73.8 Å². The molecule has 0 unspecified atom stereocenters. The summed E-state index contributed by atoms with van der Waals surface area (Å²) in [6.45, 7) is 4.10. The largest absolute Gasteiger partial charge is 0.457 e. The van der Waals surface area contributed by atoms with Crippen LogP contribution in [-0.4, -0.2) is 27.3 Å². The Hall–Kier alpha value is -4.20. The molecule has 4 rings (SSSR count). The number of aromatic nitrogens is 2. The Morgan fingerprint density at radius 2 is 1.75 bits per heavy atom. The Balaban J connectivity index is 1.33. The first-order valence-corrected chi connectivity index (χ1v) is 10.1. The van der Waals surface area contributed by atoms with Gasteiger partial charge in [0.1, 0.15) is 23.4 Å². The maximum Gasteiger partial charge on any atom is 0.255 e. The molecule has 1 aliphatic carbocycles. The van der Waals surface area contributed by atoms with Gasteiger partial charge in [0.15, 0.2) is 0 Å². The molecule has 0 bridgehead atoms. The van der Waals surface area contributed by atoms with Gasteiger partial charge >= 0.3 is 0 Å². The Labute approximate surface area is 185 Å². The van der Waals surface area contributed by atoms with E-state index in [9.17, 15) is 9.59 Å². The number of nitrogens with one attached hydrogen (secondary N) is 2. The molecule has 162 valence electrons. The van der Waals surface area contributed by atoms with Crippen molar-refractivity contribution in [1.82, 2.24) is 20.6 Å². The van der Waals surface area contributed by atoms with Crippen molar-refractivity contribution < 1.29 is 14.3 Å². The fourth-order valence-corrected chi connectivity index (χ4v) is 3.21. The summed E-state index contributed by atoms with van der Waals surface area (Å²) in [7, 11) is 0. The second-order valence-electron chi connectivity index (χ2n) is 7.61. The summed E-state index contributed by atoms with van der Waals surface area (Å²) in [6.07, 6.45) is 5.37. The smallest absolute Gasteiger partial charge is 0.255 e. The molecule has 4 N–H and O–H groups in total. The van der Waals surface area contributed by atoms with E-state index in [1.54, 1.807) is 0 Å². The normalized spacial score (nSPS) is 13.6. The van der Waals surface area contributed by atoms with Crippen molar-refractivity contribution in [2.75, 3.05) is 0 Å². The highest BCUT2D eigenvalue weighted by Gasteiger charge is 2.51. The molecule has 0 saturated heterocycles. The Bertz CT molecular complexity index is 1140. The summed E-state index contributed by atoms with van der Waals surface area (Å²) < 4.78 is 5.92. The lowest BCUT2D eigenvalue weighted by atomic mass is 10.1. The SMILES string of the molecule is C=C(N)c1ccccc1Oc1ccc(CNC(=O)C2(NC(=O)c3cncnc3)CC2)cc1. The quantitative estimate of drug-likeness (QED) is 0.507. The van der Waals surface area contributed by atoms with E-state index >= 15 is 0 Å². The molecular weight excluding hydrogens is 406 g/mol. The van der Waals surface area contributed by atoms with Crippen LogP contribution >= 0.6 is 0 Å². The lowest BCUT2D eigenvalue weighted by Gasteiger charge is -2.17. The van der Waals surface area contributed by atoms with Gasteiger partial charge in [-0.05, 0) is 42.7 Å². The monoisotopic (exact) mass is 429 g/mol. The molecule has 1 saturated carbocycles. The highest BCUT2D eigenvalue weighted by Crippen LogP contribution is 2.36. The molecule has 8 nitrogen and oxygen atoms in total. The number of benzene rings is 2. The first-order chi connectivity index (χ1) is 15.5. The van der Waals surface area contributed by atoms with Crippen LogP contribution < -0.4 is 21.1 Å². The van der Waals surface area contributed by atoms with Gasteiger partial charge < -0.3 is 21.1 Å². The molecule has 2 amide bonds. The topological polar surface area (TPSA) is 119 Å². The summed E-state index contributed by atoms with van der Waals surface area (Å²) in [6, 6.07) is 14.8. The van der Waals surface area contributed by atoms with E-state index in [0.717, 1.165) is 11.1 Å². The number of para-hydroxylation sites is 1. The minimum atomic E-state index is -0.871. The van der Waals surface area contributed by atoms with E-state index in [1.165, 1.54) is 18.7 Å². The molecule has 0 aliphatic heterocycles. The molecule has 1 aliphatic rings. The van der Waals surface area contributed by atoms with Gasteiger partial charge in [-0.3, -0.25) is 9.59 Å². The van der Waals surface area contributed by atoms with Gasteiger partial charge in [-0.2, -0.15) is 0 Å². The van der Waals surface area contributed by atoms with E-state index in [1.807, 2.05) is 48.5 Å². The maximum atomic E-state index is 12.7. The summed E-state index contributed by atoms with van der Waals surface area (Å²) in [5, 5.41) is 5.70. The molecule has 1 aromatic heterocycles. The summed E-state index contributed by atoms with van der Waals surface area (Å²) in [5.41, 5.74) is 7.34. The van der Waals surface area contributed by atoms with E-state index in [-0.39, 0.29) is 11.8 Å². The minimum absolute atomic E-state index is 0.210. The highest BCUT2D eigenvalue weighted by atomic mass is 16.5. The lowest BCUT2D eigenvalue weighted by molar-refractivity contribution is -0.124. The summed E-state index contributed by atoms with van der Waals surface area (Å²) in [5.74, 6) is 0.694. The Kier molecular flexibility index (Phi) is 5.85. The van der Waals surface area contributed by atoms with Crippen LogP contribution in [0.5, 0.6) is 11.5 Å². The predicted octanol–water partition coefficient (Wildman–Crippen LogP) is 2.78. The molecule has 3 aromatic rings. The van der Waals surface area contributed by atoms with Crippen LogP contribution in [0.4, 0.5) is 0 Å². The second kappa shape index (κ2) is 8.89. The molecule has 1 heterocycles. The molecule has 0 atom stereocenters. The second-order valence-corrected chi connectivity index (χ2v) is 7.61. The maximum absolute atomic E-state index is 12.7. The van der Waals surface area contributed by atoms with Crippen molar-refractivity contribution in [2.24, 2.45) is 5.73 Å². The first-order valence-electron chi connectivity index (χ1n) is 10.1. The average molecular weight is 429 g/mol. The molecule has 1 fully saturated rings. The third-order valence-corrected chi connectivity index (χ3v) is 5.20. The minimum Gasteiger partial charge on any atom is -0.457 e. The van der Waals surface area contributed by atoms with Crippen LogP contribution in [0, 0.1) is 0 Å². The van der Waals surface area contributed by atoms with Crippen molar-refractivity contribution in [3.05, 3.63) is 90.5 Å². The Morgan fingerprint density at radius 3 is 2.41 bits per heavy atom. The third-order valence-electron chi connectivity index (χ3n) is 5.20. The number of carbonyl (C=O) groups is 2. The van der Waals surface area contributed by atoms with Crippen LogP contribution in [0.2, 0.25) is 0 Å². The zero-order valence-corrected chi connectivity index (χ0v) is 17.4. The van der Waals surface area contributed by atoms with Crippen molar-refractivity contribution in [2.45, 2.75) is 24.9 Å². The predicted molar refractivity (Wildman–Crippen MR) is 119 cm³/mol. The lowest BCUT2D eigenvalue weighted by Crippen LogP contribution is -2.48. The number of hydrogen-bond acceptors (Lipinski definition) is 6. The van der Waals surface area contributed by atoms with Crippen molar-refractivity contribution in [3.8, 4) is 11.5 Å². The molecule has 8 heteroatoms. The van der Waals surface area contributed by atoms with Gasteiger partial charge in [0, 0.05) is 30.2 Å². The third kappa shape index (κ3) is 4.75. The van der Waals surface area contributed by atoms with Crippen molar-refractivity contribution in [3.63, 3.8) is 0 Å². The van der Waals surface area contributed by atoms with E-state index in [2.05, 4.69) is 27.2 Å². The average Bonchev–Trinajstić information content (AvgIpc) is 3.60. The number of amides is 2. The van der Waals surface area contributed by atoms with Crippen molar-refractivity contribution >= 4 is 17.5 Å². The number of nitrogens with two attached hydrogens (primary N) is 1. The zero-order chi connectivity index (χ0) is 22.6. The highest BCUT2D eigenvalue weighted by molar-refractivity contribution is 6.00. The number of rotatable bonds is 8. The number of nitrogens with zero attached hydrogens (tertiary/aromatic N) is 2. The molecule has 0 spiro atoms. The van der Waals surface area contributed by atoms with Crippen LogP contribution in [0.25, 0.3) is 5.70 Å². The molecule has 32 heavy (non-hydrogen) atoms. The van der Waals surface area contributed by atoms with Crippen LogP contribution in [0.1, 0.15) is 34.3 Å². The molecule has 2 aromatic carbocycles. The van der Waals surface area contributed by atoms with E-state index < -0.39 is 5.54 Å². The van der Waals surface area contributed by atoms with Gasteiger partial charge in [-0.25, -0.2) is 9.97 Å².